The fourth-order valence-corrected chi connectivity index (χ4v) is 2.15. The monoisotopic (exact) mass is 292 g/mol. The van der Waals surface area contributed by atoms with E-state index in [1.165, 1.54) is 12.1 Å². The highest BCUT2D eigenvalue weighted by Crippen LogP contribution is 2.38. The van der Waals surface area contributed by atoms with Crippen molar-refractivity contribution in [1.29, 1.82) is 0 Å². The van der Waals surface area contributed by atoms with Gasteiger partial charge in [-0.1, -0.05) is 12.1 Å². The minimum atomic E-state index is -0.623. The standard InChI is InChI=1S/C16H22BFO3/c1-11-6-7-14(18)9-12(11)8-13(10-19)17-20-15(2,3)16(4,5)21-17/h6-9,19H,10H2,1-5H3. The number of rotatable bonds is 3. The van der Waals surface area contributed by atoms with Crippen molar-refractivity contribution in [2.45, 2.75) is 45.8 Å². The molecule has 21 heavy (non-hydrogen) atoms. The van der Waals surface area contributed by atoms with Gasteiger partial charge in [0.05, 0.1) is 17.8 Å². The van der Waals surface area contributed by atoms with Crippen molar-refractivity contribution in [2.75, 3.05) is 6.61 Å². The normalized spacial score (nSPS) is 20.9. The van der Waals surface area contributed by atoms with Crippen LogP contribution in [0.1, 0.15) is 38.8 Å². The summed E-state index contributed by atoms with van der Waals surface area (Å²) in [5.41, 5.74) is 1.29. The first-order valence-corrected chi connectivity index (χ1v) is 7.09. The van der Waals surface area contributed by atoms with E-state index in [2.05, 4.69) is 0 Å². The zero-order valence-corrected chi connectivity index (χ0v) is 13.2. The average molecular weight is 292 g/mol. The number of aliphatic hydroxyl groups is 1. The van der Waals surface area contributed by atoms with E-state index in [1.54, 1.807) is 12.1 Å². The van der Waals surface area contributed by atoms with Crippen LogP contribution in [0.15, 0.2) is 23.7 Å². The molecule has 1 saturated heterocycles. The molecular weight excluding hydrogens is 270 g/mol. The van der Waals surface area contributed by atoms with Gasteiger partial charge in [0, 0.05) is 0 Å². The van der Waals surface area contributed by atoms with E-state index in [0.717, 1.165) is 5.56 Å². The van der Waals surface area contributed by atoms with Gasteiger partial charge in [0.15, 0.2) is 0 Å². The van der Waals surface area contributed by atoms with Gasteiger partial charge in [-0.3, -0.25) is 0 Å². The summed E-state index contributed by atoms with van der Waals surface area (Å²) in [4.78, 5) is 0. The van der Waals surface area contributed by atoms with Crippen LogP contribution in [0, 0.1) is 12.7 Å². The Bertz CT molecular complexity index is 551. The van der Waals surface area contributed by atoms with Crippen LogP contribution < -0.4 is 0 Å². The Hall–Kier alpha value is -1.17. The first-order chi connectivity index (χ1) is 9.66. The molecule has 0 bridgehead atoms. The lowest BCUT2D eigenvalue weighted by Gasteiger charge is -2.32. The number of halogens is 1. The highest BCUT2D eigenvalue weighted by atomic mass is 19.1. The zero-order chi connectivity index (χ0) is 15.8. The number of hydrogen-bond acceptors (Lipinski definition) is 3. The predicted molar refractivity (Wildman–Crippen MR) is 82.3 cm³/mol. The molecule has 1 heterocycles. The molecule has 114 valence electrons. The minimum Gasteiger partial charge on any atom is -0.400 e. The molecule has 5 heteroatoms. The van der Waals surface area contributed by atoms with Crippen molar-refractivity contribution < 1.29 is 18.8 Å². The molecule has 1 aliphatic heterocycles. The molecule has 1 aromatic carbocycles. The largest absolute Gasteiger partial charge is 0.492 e. The average Bonchev–Trinajstić information content (AvgIpc) is 2.59. The molecule has 1 fully saturated rings. The zero-order valence-electron chi connectivity index (χ0n) is 13.2. The van der Waals surface area contributed by atoms with Crippen molar-refractivity contribution >= 4 is 13.2 Å². The SMILES string of the molecule is Cc1ccc(F)cc1C=C(CO)B1OC(C)(C)C(C)(C)O1. The minimum absolute atomic E-state index is 0.202. The van der Waals surface area contributed by atoms with Crippen LogP contribution in [-0.4, -0.2) is 30.0 Å². The quantitative estimate of drug-likeness (QED) is 0.870. The Kier molecular flexibility index (Phi) is 4.29. The summed E-state index contributed by atoms with van der Waals surface area (Å²) in [6.07, 6.45) is 1.74. The van der Waals surface area contributed by atoms with Crippen LogP contribution >= 0.6 is 0 Å². The van der Waals surface area contributed by atoms with Crippen LogP contribution in [0.25, 0.3) is 6.08 Å². The molecule has 0 saturated carbocycles. The Morgan fingerprint density at radius 1 is 1.24 bits per heavy atom. The third kappa shape index (κ3) is 3.20. The van der Waals surface area contributed by atoms with Crippen LogP contribution in [0.4, 0.5) is 4.39 Å². The van der Waals surface area contributed by atoms with Gasteiger partial charge in [-0.25, -0.2) is 4.39 Å². The maximum atomic E-state index is 13.4. The second-order valence-electron chi connectivity index (χ2n) is 6.47. The summed E-state index contributed by atoms with van der Waals surface area (Å²) in [7, 11) is -0.623. The Labute approximate surface area is 125 Å². The van der Waals surface area contributed by atoms with E-state index < -0.39 is 18.3 Å². The molecule has 0 amide bonds. The first kappa shape index (κ1) is 16.2. The van der Waals surface area contributed by atoms with Gasteiger partial charge in [-0.2, -0.15) is 0 Å². The summed E-state index contributed by atoms with van der Waals surface area (Å²) in [6, 6.07) is 4.57. The summed E-state index contributed by atoms with van der Waals surface area (Å²) in [6.45, 7) is 9.51. The summed E-state index contributed by atoms with van der Waals surface area (Å²) >= 11 is 0. The van der Waals surface area contributed by atoms with Gasteiger partial charge in [0.25, 0.3) is 0 Å². The second-order valence-corrected chi connectivity index (χ2v) is 6.47. The lowest BCUT2D eigenvalue weighted by Crippen LogP contribution is -2.41. The van der Waals surface area contributed by atoms with Crippen LogP contribution in [0.2, 0.25) is 0 Å². The smallest absolute Gasteiger partial charge is 0.400 e. The highest BCUT2D eigenvalue weighted by Gasteiger charge is 2.52. The third-order valence-corrected chi connectivity index (χ3v) is 4.32. The Morgan fingerprint density at radius 3 is 2.33 bits per heavy atom. The van der Waals surface area contributed by atoms with E-state index in [0.29, 0.717) is 11.0 Å². The number of hydrogen-bond donors (Lipinski definition) is 1. The Morgan fingerprint density at radius 2 is 1.81 bits per heavy atom. The fourth-order valence-electron chi connectivity index (χ4n) is 2.15. The molecule has 0 aliphatic carbocycles. The van der Waals surface area contributed by atoms with Gasteiger partial charge < -0.3 is 14.4 Å². The van der Waals surface area contributed by atoms with E-state index in [1.807, 2.05) is 34.6 Å². The van der Waals surface area contributed by atoms with E-state index in [9.17, 15) is 9.50 Å². The number of aryl methyl sites for hydroxylation is 1. The fraction of sp³-hybridized carbons (Fsp3) is 0.500. The molecule has 3 nitrogen and oxygen atoms in total. The molecule has 2 rings (SSSR count). The topological polar surface area (TPSA) is 38.7 Å². The van der Waals surface area contributed by atoms with Gasteiger partial charge in [0.2, 0.25) is 0 Å². The van der Waals surface area contributed by atoms with E-state index >= 15 is 0 Å². The van der Waals surface area contributed by atoms with Crippen molar-refractivity contribution in [2.24, 2.45) is 0 Å². The third-order valence-electron chi connectivity index (χ3n) is 4.32. The summed E-state index contributed by atoms with van der Waals surface area (Å²) < 4.78 is 25.2. The molecule has 0 radical (unpaired) electrons. The molecule has 1 aromatic rings. The molecule has 0 aromatic heterocycles. The molecular formula is C16H22BFO3. The van der Waals surface area contributed by atoms with E-state index in [4.69, 9.17) is 9.31 Å². The number of benzene rings is 1. The van der Waals surface area contributed by atoms with Crippen LogP contribution in [-0.2, 0) is 9.31 Å². The lowest BCUT2D eigenvalue weighted by molar-refractivity contribution is 0.00578. The van der Waals surface area contributed by atoms with Gasteiger partial charge in [-0.15, -0.1) is 0 Å². The lowest BCUT2D eigenvalue weighted by atomic mass is 9.77. The van der Waals surface area contributed by atoms with Crippen LogP contribution in [0.5, 0.6) is 0 Å². The number of aliphatic hydroxyl groups excluding tert-OH is 1. The van der Waals surface area contributed by atoms with Crippen LogP contribution in [0.3, 0.4) is 0 Å². The predicted octanol–water partition coefficient (Wildman–Crippen LogP) is 3.14. The maximum absolute atomic E-state index is 13.4. The maximum Gasteiger partial charge on any atom is 0.492 e. The van der Waals surface area contributed by atoms with Crippen molar-refractivity contribution in [3.05, 3.63) is 40.6 Å². The molecule has 0 spiro atoms. The first-order valence-electron chi connectivity index (χ1n) is 7.09. The van der Waals surface area contributed by atoms with Crippen molar-refractivity contribution in [1.82, 2.24) is 0 Å². The Balaban J connectivity index is 2.33. The van der Waals surface area contributed by atoms with Gasteiger partial charge in [0.1, 0.15) is 5.82 Å². The molecule has 0 unspecified atom stereocenters. The summed E-state index contributed by atoms with van der Waals surface area (Å²) in [5.74, 6) is -0.307. The molecule has 0 atom stereocenters. The van der Waals surface area contributed by atoms with Crippen molar-refractivity contribution in [3.8, 4) is 0 Å². The second kappa shape index (κ2) is 5.56. The van der Waals surface area contributed by atoms with Crippen molar-refractivity contribution in [3.63, 3.8) is 0 Å². The molecule has 1 N–H and O–H groups in total. The van der Waals surface area contributed by atoms with E-state index in [-0.39, 0.29) is 12.4 Å². The highest BCUT2D eigenvalue weighted by molar-refractivity contribution is 6.55. The van der Waals surface area contributed by atoms with Gasteiger partial charge in [-0.05, 0) is 63.4 Å². The molecule has 1 aliphatic rings. The van der Waals surface area contributed by atoms with Gasteiger partial charge >= 0.3 is 7.12 Å². The summed E-state index contributed by atoms with van der Waals surface area (Å²) in [5, 5.41) is 9.63.